The number of hydrogen-bond acceptors (Lipinski definition) is 6. The fourth-order valence-corrected chi connectivity index (χ4v) is 3.38. The lowest BCUT2D eigenvalue weighted by Crippen LogP contribution is -2.47. The molecule has 1 aliphatic rings. The number of ether oxygens (including phenoxy) is 1. The lowest BCUT2D eigenvalue weighted by atomic mass is 10.1. The zero-order valence-corrected chi connectivity index (χ0v) is 16.8. The minimum atomic E-state index is -0.00562. The van der Waals surface area contributed by atoms with Gasteiger partial charge in [-0.2, -0.15) is 0 Å². The van der Waals surface area contributed by atoms with E-state index in [1.165, 1.54) is 6.33 Å². The third-order valence-electron chi connectivity index (χ3n) is 5.12. The Hall–Kier alpha value is -3.45. The average molecular weight is 404 g/mol. The molecule has 0 saturated carbocycles. The lowest BCUT2D eigenvalue weighted by Gasteiger charge is -2.27. The number of amides is 1. The minimum Gasteiger partial charge on any atom is -0.508 e. The summed E-state index contributed by atoms with van der Waals surface area (Å²) in [5.74, 6) is 0.874. The Morgan fingerprint density at radius 2 is 1.80 bits per heavy atom. The molecule has 1 amide bonds. The molecule has 4 rings (SSSR count). The van der Waals surface area contributed by atoms with Crippen LogP contribution in [-0.4, -0.2) is 58.7 Å². The zero-order valence-electron chi connectivity index (χ0n) is 16.8. The third kappa shape index (κ3) is 4.58. The molecule has 3 aromatic rings. The van der Waals surface area contributed by atoms with Gasteiger partial charge in [-0.1, -0.05) is 12.1 Å². The fourth-order valence-electron chi connectivity index (χ4n) is 3.38. The molecule has 0 bridgehead atoms. The molecule has 2 aromatic carbocycles. The largest absolute Gasteiger partial charge is 0.508 e. The van der Waals surface area contributed by atoms with Crippen LogP contribution >= 0.6 is 0 Å². The van der Waals surface area contributed by atoms with Gasteiger partial charge in [-0.3, -0.25) is 4.79 Å². The number of aryl methyl sites for hydroxylation is 1. The predicted octanol–water partition coefficient (Wildman–Crippen LogP) is 2.64. The van der Waals surface area contributed by atoms with Gasteiger partial charge >= 0.3 is 0 Å². The molecule has 1 saturated heterocycles. The van der Waals surface area contributed by atoms with E-state index < -0.39 is 0 Å². The maximum absolute atomic E-state index is 12.3. The van der Waals surface area contributed by atoms with Crippen molar-refractivity contribution in [1.29, 1.82) is 0 Å². The summed E-state index contributed by atoms with van der Waals surface area (Å²) in [6, 6.07) is 14.8. The van der Waals surface area contributed by atoms with Gasteiger partial charge in [-0.15, -0.1) is 0 Å². The Labute approximate surface area is 175 Å². The van der Waals surface area contributed by atoms with Crippen LogP contribution in [-0.2, 0) is 4.79 Å². The van der Waals surface area contributed by atoms with Crippen molar-refractivity contribution in [1.82, 2.24) is 20.2 Å². The number of piperazine rings is 1. The van der Waals surface area contributed by atoms with E-state index in [2.05, 4.69) is 15.3 Å². The van der Waals surface area contributed by atoms with E-state index >= 15 is 0 Å². The quantitative estimate of drug-likeness (QED) is 0.680. The number of rotatable bonds is 5. The molecule has 7 nitrogen and oxygen atoms in total. The number of benzene rings is 2. The van der Waals surface area contributed by atoms with Crippen molar-refractivity contribution in [3.8, 4) is 34.0 Å². The molecular weight excluding hydrogens is 380 g/mol. The lowest BCUT2D eigenvalue weighted by molar-refractivity contribution is -0.133. The van der Waals surface area contributed by atoms with Gasteiger partial charge in [0.1, 0.15) is 17.8 Å². The van der Waals surface area contributed by atoms with Crippen LogP contribution in [0.3, 0.4) is 0 Å². The van der Waals surface area contributed by atoms with E-state index in [0.717, 1.165) is 41.2 Å². The molecule has 7 heteroatoms. The number of carbonyl (C=O) groups is 1. The first-order chi connectivity index (χ1) is 14.6. The van der Waals surface area contributed by atoms with Gasteiger partial charge in [0.05, 0.1) is 11.4 Å². The summed E-state index contributed by atoms with van der Waals surface area (Å²) in [4.78, 5) is 22.9. The molecule has 0 aliphatic carbocycles. The summed E-state index contributed by atoms with van der Waals surface area (Å²) in [5, 5.41) is 13.0. The van der Waals surface area contributed by atoms with E-state index in [4.69, 9.17) is 4.74 Å². The number of hydrogen-bond donors (Lipinski definition) is 2. The van der Waals surface area contributed by atoms with Crippen molar-refractivity contribution in [2.75, 3.05) is 32.8 Å². The Kier molecular flexibility index (Phi) is 5.90. The smallest absolute Gasteiger partial charge is 0.260 e. The molecule has 1 fully saturated rings. The normalized spacial score (nSPS) is 13.8. The van der Waals surface area contributed by atoms with Crippen LogP contribution in [0.15, 0.2) is 54.9 Å². The highest BCUT2D eigenvalue weighted by Gasteiger charge is 2.16. The molecule has 2 heterocycles. The molecule has 0 radical (unpaired) electrons. The molecule has 154 valence electrons. The van der Waals surface area contributed by atoms with Gasteiger partial charge in [0.2, 0.25) is 0 Å². The van der Waals surface area contributed by atoms with Crippen LogP contribution in [0.5, 0.6) is 11.5 Å². The summed E-state index contributed by atoms with van der Waals surface area (Å²) < 4.78 is 5.74. The second kappa shape index (κ2) is 8.92. The molecule has 2 N–H and O–H groups in total. The van der Waals surface area contributed by atoms with Crippen molar-refractivity contribution in [2.24, 2.45) is 0 Å². The molecule has 1 aromatic heterocycles. The van der Waals surface area contributed by atoms with Crippen molar-refractivity contribution >= 4 is 5.91 Å². The SMILES string of the molecule is Cc1cc(-c2cc(-c3cccc(OCC(=O)N4CCNCC4)c3)ncn2)ccc1O. The van der Waals surface area contributed by atoms with Crippen molar-refractivity contribution < 1.29 is 14.6 Å². The predicted molar refractivity (Wildman–Crippen MR) is 114 cm³/mol. The van der Waals surface area contributed by atoms with Gasteiger partial charge in [-0.25, -0.2) is 9.97 Å². The summed E-state index contributed by atoms with van der Waals surface area (Å²) in [6.07, 6.45) is 1.52. The number of carbonyl (C=O) groups excluding carboxylic acids is 1. The highest BCUT2D eigenvalue weighted by atomic mass is 16.5. The first-order valence-corrected chi connectivity index (χ1v) is 9.94. The van der Waals surface area contributed by atoms with Crippen LogP contribution in [0.1, 0.15) is 5.56 Å². The van der Waals surface area contributed by atoms with Gasteiger partial charge in [0.25, 0.3) is 5.91 Å². The van der Waals surface area contributed by atoms with E-state index in [1.54, 1.807) is 6.07 Å². The topological polar surface area (TPSA) is 87.6 Å². The van der Waals surface area contributed by atoms with Gasteiger partial charge in [0.15, 0.2) is 6.61 Å². The first-order valence-electron chi connectivity index (χ1n) is 9.94. The van der Waals surface area contributed by atoms with Crippen LogP contribution in [0.2, 0.25) is 0 Å². The highest BCUT2D eigenvalue weighted by Crippen LogP contribution is 2.28. The number of nitrogens with zero attached hydrogens (tertiary/aromatic N) is 3. The number of phenolic OH excluding ortho intramolecular Hbond substituents is 1. The zero-order chi connectivity index (χ0) is 20.9. The maximum atomic E-state index is 12.3. The number of nitrogens with one attached hydrogen (secondary N) is 1. The van der Waals surface area contributed by atoms with Crippen LogP contribution in [0.25, 0.3) is 22.5 Å². The third-order valence-corrected chi connectivity index (χ3v) is 5.12. The number of phenols is 1. The summed E-state index contributed by atoms with van der Waals surface area (Å²) in [5.41, 5.74) is 4.09. The van der Waals surface area contributed by atoms with E-state index in [9.17, 15) is 9.90 Å². The van der Waals surface area contributed by atoms with Crippen LogP contribution in [0.4, 0.5) is 0 Å². The van der Waals surface area contributed by atoms with Crippen molar-refractivity contribution in [3.05, 3.63) is 60.4 Å². The standard InChI is InChI=1S/C23H24N4O3/c1-16-11-18(5-6-22(16)28)21-13-20(25-15-26-21)17-3-2-4-19(12-17)30-14-23(29)27-9-7-24-8-10-27/h2-6,11-13,15,24,28H,7-10,14H2,1H3. The van der Waals surface area contributed by atoms with Crippen molar-refractivity contribution in [2.45, 2.75) is 6.92 Å². The second-order valence-corrected chi connectivity index (χ2v) is 7.24. The summed E-state index contributed by atoms with van der Waals surface area (Å²) >= 11 is 0. The Morgan fingerprint density at radius 3 is 2.53 bits per heavy atom. The fraction of sp³-hybridized carbons (Fsp3) is 0.261. The average Bonchev–Trinajstić information content (AvgIpc) is 2.80. The van der Waals surface area contributed by atoms with E-state index in [-0.39, 0.29) is 18.3 Å². The van der Waals surface area contributed by atoms with Crippen LogP contribution < -0.4 is 10.1 Å². The molecule has 0 atom stereocenters. The highest BCUT2D eigenvalue weighted by molar-refractivity contribution is 5.78. The molecule has 0 unspecified atom stereocenters. The van der Waals surface area contributed by atoms with Crippen LogP contribution in [0, 0.1) is 6.92 Å². The Morgan fingerprint density at radius 1 is 1.07 bits per heavy atom. The number of aromatic nitrogens is 2. The van der Waals surface area contributed by atoms with Crippen molar-refractivity contribution in [3.63, 3.8) is 0 Å². The Bertz CT molecular complexity index is 1050. The maximum Gasteiger partial charge on any atom is 0.260 e. The molecule has 0 spiro atoms. The molecule has 30 heavy (non-hydrogen) atoms. The minimum absolute atomic E-state index is 0.00562. The molecule has 1 aliphatic heterocycles. The van der Waals surface area contributed by atoms with Gasteiger partial charge in [-0.05, 0) is 48.9 Å². The summed E-state index contributed by atoms with van der Waals surface area (Å²) in [6.45, 7) is 4.93. The monoisotopic (exact) mass is 404 g/mol. The summed E-state index contributed by atoms with van der Waals surface area (Å²) in [7, 11) is 0. The Balaban J connectivity index is 1.49. The molecular formula is C23H24N4O3. The van der Waals surface area contributed by atoms with E-state index in [1.807, 2.05) is 54.3 Å². The van der Waals surface area contributed by atoms with Gasteiger partial charge in [0, 0.05) is 37.3 Å². The van der Waals surface area contributed by atoms with Gasteiger partial charge < -0.3 is 20.1 Å². The number of aromatic hydroxyl groups is 1. The van der Waals surface area contributed by atoms with E-state index in [0.29, 0.717) is 18.8 Å². The second-order valence-electron chi connectivity index (χ2n) is 7.24. The first kappa shape index (κ1) is 19.8.